The smallest absolute Gasteiger partial charge is 0.372 e. The first kappa shape index (κ1) is 14.6. The van der Waals surface area contributed by atoms with E-state index in [1.807, 2.05) is 68.5 Å². The van der Waals surface area contributed by atoms with Gasteiger partial charge in [0.15, 0.2) is 0 Å². The number of carbonyl (C=O) groups is 1. The maximum Gasteiger partial charge on any atom is 0.372 e. The number of rotatable bonds is 2. The van der Waals surface area contributed by atoms with Crippen LogP contribution in [0.4, 0.5) is 0 Å². The SMILES string of the molecule is CC1(C)C=Cc2c(ccc3c(-c4ccccc4)c(C(=O)O)oc23)O1. The quantitative estimate of drug-likeness (QED) is 0.723. The average molecular weight is 320 g/mol. The van der Waals surface area contributed by atoms with Gasteiger partial charge < -0.3 is 14.3 Å². The number of hydrogen-bond acceptors (Lipinski definition) is 3. The van der Waals surface area contributed by atoms with Crippen molar-refractivity contribution >= 4 is 23.0 Å². The third-order valence-corrected chi connectivity index (χ3v) is 4.14. The van der Waals surface area contributed by atoms with Gasteiger partial charge in [-0.2, -0.15) is 0 Å². The molecule has 3 aromatic rings. The molecule has 0 aliphatic carbocycles. The number of ether oxygens (including phenoxy) is 1. The Morgan fingerprint density at radius 3 is 2.54 bits per heavy atom. The second-order valence-corrected chi connectivity index (χ2v) is 6.37. The molecule has 0 spiro atoms. The van der Waals surface area contributed by atoms with Crippen molar-refractivity contribution in [1.29, 1.82) is 0 Å². The zero-order valence-corrected chi connectivity index (χ0v) is 13.4. The van der Waals surface area contributed by atoms with Gasteiger partial charge in [0.25, 0.3) is 0 Å². The number of carboxylic acids is 1. The fourth-order valence-electron chi connectivity index (χ4n) is 3.05. The molecule has 4 heteroatoms. The summed E-state index contributed by atoms with van der Waals surface area (Å²) in [6.07, 6.45) is 3.88. The number of hydrogen-bond donors (Lipinski definition) is 1. The molecule has 1 aromatic heterocycles. The first-order valence-electron chi connectivity index (χ1n) is 7.73. The second kappa shape index (κ2) is 4.99. The minimum Gasteiger partial charge on any atom is -0.483 e. The van der Waals surface area contributed by atoms with Gasteiger partial charge in [-0.1, -0.05) is 30.3 Å². The molecular weight excluding hydrogens is 304 g/mol. The van der Waals surface area contributed by atoms with Crippen LogP contribution >= 0.6 is 0 Å². The van der Waals surface area contributed by atoms with Crippen molar-refractivity contribution in [1.82, 2.24) is 0 Å². The zero-order valence-electron chi connectivity index (χ0n) is 13.4. The van der Waals surface area contributed by atoms with Gasteiger partial charge in [-0.05, 0) is 43.7 Å². The Bertz CT molecular complexity index is 978. The molecule has 0 saturated heterocycles. The van der Waals surface area contributed by atoms with Gasteiger partial charge in [0.05, 0.1) is 5.56 Å². The van der Waals surface area contributed by atoms with Crippen LogP contribution in [0.3, 0.4) is 0 Å². The average Bonchev–Trinajstić information content (AvgIpc) is 2.94. The van der Waals surface area contributed by atoms with Crippen LogP contribution in [0.1, 0.15) is 30.0 Å². The highest BCUT2D eigenvalue weighted by atomic mass is 16.5. The van der Waals surface area contributed by atoms with Gasteiger partial charge in [0.2, 0.25) is 5.76 Å². The summed E-state index contributed by atoms with van der Waals surface area (Å²) in [6.45, 7) is 3.94. The summed E-state index contributed by atoms with van der Waals surface area (Å²) < 4.78 is 11.7. The van der Waals surface area contributed by atoms with Gasteiger partial charge in [-0.25, -0.2) is 4.79 Å². The predicted molar refractivity (Wildman–Crippen MR) is 92.4 cm³/mol. The van der Waals surface area contributed by atoms with E-state index in [0.29, 0.717) is 16.9 Å². The van der Waals surface area contributed by atoms with Crippen LogP contribution in [0.25, 0.3) is 28.2 Å². The van der Waals surface area contributed by atoms with Gasteiger partial charge in [0.1, 0.15) is 16.9 Å². The van der Waals surface area contributed by atoms with E-state index in [-0.39, 0.29) is 5.76 Å². The van der Waals surface area contributed by atoms with E-state index in [1.165, 1.54) is 0 Å². The molecular formula is C20H16O4. The topological polar surface area (TPSA) is 59.7 Å². The highest BCUT2D eigenvalue weighted by Crippen LogP contribution is 2.42. The molecule has 24 heavy (non-hydrogen) atoms. The Balaban J connectivity index is 2.04. The summed E-state index contributed by atoms with van der Waals surface area (Å²) in [5, 5.41) is 10.3. The van der Waals surface area contributed by atoms with Gasteiger partial charge in [0, 0.05) is 10.9 Å². The lowest BCUT2D eigenvalue weighted by Crippen LogP contribution is -2.27. The summed E-state index contributed by atoms with van der Waals surface area (Å²) in [4.78, 5) is 11.7. The van der Waals surface area contributed by atoms with E-state index in [1.54, 1.807) is 0 Å². The molecule has 2 aromatic carbocycles. The predicted octanol–water partition coefficient (Wildman–Crippen LogP) is 4.98. The molecule has 0 fully saturated rings. The summed E-state index contributed by atoms with van der Waals surface area (Å²) in [5.74, 6) is -0.442. The van der Waals surface area contributed by atoms with Gasteiger partial charge in [-0.3, -0.25) is 0 Å². The lowest BCUT2D eigenvalue weighted by Gasteiger charge is -2.27. The van der Waals surface area contributed by atoms with E-state index < -0.39 is 11.6 Å². The molecule has 0 bridgehead atoms. The third-order valence-electron chi connectivity index (χ3n) is 4.14. The van der Waals surface area contributed by atoms with Gasteiger partial charge in [-0.15, -0.1) is 0 Å². The highest BCUT2D eigenvalue weighted by molar-refractivity contribution is 6.08. The normalized spacial score (nSPS) is 15.1. The molecule has 1 aliphatic rings. The van der Waals surface area contributed by atoms with Crippen molar-refractivity contribution in [3.63, 3.8) is 0 Å². The number of benzene rings is 2. The Hall–Kier alpha value is -3.01. The monoisotopic (exact) mass is 320 g/mol. The van der Waals surface area contributed by atoms with Crippen LogP contribution in [0, 0.1) is 0 Å². The zero-order chi connectivity index (χ0) is 16.9. The number of furan rings is 1. The molecule has 120 valence electrons. The standard InChI is InChI=1S/C20H16O4/c1-20(2)11-10-13-15(24-20)9-8-14-16(12-6-4-3-5-7-12)18(19(21)22)23-17(13)14/h3-11H,1-2H3,(H,21,22). The van der Waals surface area contributed by atoms with Crippen LogP contribution in [-0.2, 0) is 0 Å². The maximum absolute atomic E-state index is 11.7. The molecule has 0 amide bonds. The van der Waals surface area contributed by atoms with Crippen LogP contribution < -0.4 is 4.74 Å². The molecule has 4 rings (SSSR count). The first-order chi connectivity index (χ1) is 11.5. The minimum atomic E-state index is -1.08. The van der Waals surface area contributed by atoms with Crippen molar-refractivity contribution in [3.05, 3.63) is 59.9 Å². The minimum absolute atomic E-state index is 0.0529. The highest BCUT2D eigenvalue weighted by Gasteiger charge is 2.28. The van der Waals surface area contributed by atoms with E-state index in [0.717, 1.165) is 16.5 Å². The first-order valence-corrected chi connectivity index (χ1v) is 7.73. The molecule has 0 radical (unpaired) electrons. The van der Waals surface area contributed by atoms with Gasteiger partial charge >= 0.3 is 5.97 Å². The molecule has 0 unspecified atom stereocenters. The largest absolute Gasteiger partial charge is 0.483 e. The molecule has 0 saturated carbocycles. The Labute approximate surface area is 139 Å². The maximum atomic E-state index is 11.7. The van der Waals surface area contributed by atoms with Crippen LogP contribution in [0.15, 0.2) is 53.0 Å². The van der Waals surface area contributed by atoms with E-state index in [9.17, 15) is 9.90 Å². The summed E-state index contributed by atoms with van der Waals surface area (Å²) in [5.41, 5.74) is 2.33. The Morgan fingerprint density at radius 2 is 1.83 bits per heavy atom. The fourth-order valence-corrected chi connectivity index (χ4v) is 3.05. The van der Waals surface area contributed by atoms with Crippen molar-refractivity contribution in [2.45, 2.75) is 19.4 Å². The van der Waals surface area contributed by atoms with Crippen molar-refractivity contribution in [2.75, 3.05) is 0 Å². The third kappa shape index (κ3) is 2.19. The second-order valence-electron chi connectivity index (χ2n) is 6.37. The summed E-state index contributed by atoms with van der Waals surface area (Å²) >= 11 is 0. The molecule has 4 nitrogen and oxygen atoms in total. The summed E-state index contributed by atoms with van der Waals surface area (Å²) in [6, 6.07) is 13.1. The molecule has 2 heterocycles. The Morgan fingerprint density at radius 1 is 1.08 bits per heavy atom. The lowest BCUT2D eigenvalue weighted by atomic mass is 9.97. The fraction of sp³-hybridized carbons (Fsp3) is 0.150. The Kier molecular flexibility index (Phi) is 3.03. The van der Waals surface area contributed by atoms with E-state index in [4.69, 9.17) is 9.15 Å². The van der Waals surface area contributed by atoms with E-state index >= 15 is 0 Å². The lowest BCUT2D eigenvalue weighted by molar-refractivity contribution is 0.0666. The molecule has 1 N–H and O–H groups in total. The van der Waals surface area contributed by atoms with Crippen LogP contribution in [0.2, 0.25) is 0 Å². The van der Waals surface area contributed by atoms with Crippen LogP contribution in [0.5, 0.6) is 5.75 Å². The van der Waals surface area contributed by atoms with Crippen molar-refractivity contribution < 1.29 is 19.1 Å². The molecule has 1 aliphatic heterocycles. The molecule has 0 atom stereocenters. The number of carboxylic acid groups (broad SMARTS) is 1. The number of fused-ring (bicyclic) bond motifs is 3. The summed E-state index contributed by atoms with van der Waals surface area (Å²) in [7, 11) is 0. The van der Waals surface area contributed by atoms with Crippen molar-refractivity contribution in [3.8, 4) is 16.9 Å². The van der Waals surface area contributed by atoms with E-state index in [2.05, 4.69) is 0 Å². The van der Waals surface area contributed by atoms with Crippen molar-refractivity contribution in [2.24, 2.45) is 0 Å². The number of aromatic carboxylic acids is 1. The van der Waals surface area contributed by atoms with Crippen LogP contribution in [-0.4, -0.2) is 16.7 Å².